The second-order valence-corrected chi connectivity index (χ2v) is 6.11. The van der Waals surface area contributed by atoms with Gasteiger partial charge < -0.3 is 4.74 Å². The predicted molar refractivity (Wildman–Crippen MR) is 69.2 cm³/mol. The lowest BCUT2D eigenvalue weighted by molar-refractivity contribution is -0.155. The zero-order chi connectivity index (χ0) is 13.2. The lowest BCUT2D eigenvalue weighted by atomic mass is 9.85. The van der Waals surface area contributed by atoms with Crippen molar-refractivity contribution in [3.05, 3.63) is 17.5 Å². The molecule has 1 heterocycles. The molecule has 1 aromatic heterocycles. The number of aromatic nitrogens is 2. The Labute approximate surface area is 108 Å². The molecule has 1 atom stereocenters. The summed E-state index contributed by atoms with van der Waals surface area (Å²) in [5, 5.41) is 7.10. The molecule has 0 aliphatic heterocycles. The van der Waals surface area contributed by atoms with Gasteiger partial charge in [0.2, 0.25) is 0 Å². The first-order valence-electron chi connectivity index (χ1n) is 6.67. The first kappa shape index (κ1) is 13.1. The highest BCUT2D eigenvalue weighted by atomic mass is 16.6. The Hall–Kier alpha value is -1.32. The fraction of sp³-hybridized carbons (Fsp3) is 0.714. The number of aromatic amines is 1. The third-order valence-corrected chi connectivity index (χ3v) is 3.30. The van der Waals surface area contributed by atoms with Gasteiger partial charge in [-0.15, -0.1) is 0 Å². The Morgan fingerprint density at radius 1 is 1.56 bits per heavy atom. The topological polar surface area (TPSA) is 55.0 Å². The van der Waals surface area contributed by atoms with Crippen molar-refractivity contribution in [2.45, 2.75) is 58.5 Å². The van der Waals surface area contributed by atoms with Crippen molar-refractivity contribution in [2.24, 2.45) is 5.92 Å². The zero-order valence-electron chi connectivity index (χ0n) is 11.5. The van der Waals surface area contributed by atoms with Crippen molar-refractivity contribution in [2.75, 3.05) is 0 Å². The van der Waals surface area contributed by atoms with Gasteiger partial charge in [-0.1, -0.05) is 0 Å². The number of rotatable bonds is 3. The summed E-state index contributed by atoms with van der Waals surface area (Å²) in [6, 6.07) is 0. The number of ether oxygens (including phenoxy) is 1. The van der Waals surface area contributed by atoms with Crippen molar-refractivity contribution in [3.8, 4) is 0 Å². The van der Waals surface area contributed by atoms with Crippen LogP contribution in [0, 0.1) is 5.92 Å². The summed E-state index contributed by atoms with van der Waals surface area (Å²) >= 11 is 0. The van der Waals surface area contributed by atoms with E-state index in [-0.39, 0.29) is 11.6 Å². The van der Waals surface area contributed by atoms with E-state index in [1.54, 1.807) is 0 Å². The summed E-state index contributed by atoms with van der Waals surface area (Å²) in [6.45, 7) is 5.72. The molecule has 2 rings (SSSR count). The first-order chi connectivity index (χ1) is 8.44. The summed E-state index contributed by atoms with van der Waals surface area (Å²) in [4.78, 5) is 11.7. The lowest BCUT2D eigenvalue weighted by Gasteiger charge is -2.23. The van der Waals surface area contributed by atoms with Crippen LogP contribution in [0.4, 0.5) is 0 Å². The maximum Gasteiger partial charge on any atom is 0.306 e. The van der Waals surface area contributed by atoms with E-state index < -0.39 is 0 Å². The number of carbonyl (C=O) groups excluding carboxylic acids is 1. The van der Waals surface area contributed by atoms with E-state index in [0.717, 1.165) is 25.7 Å². The minimum Gasteiger partial charge on any atom is -0.460 e. The SMILES string of the molecule is CC(C)(C)OC(=O)CCC1CCc2[nH]ncc2C1. The molecule has 0 bridgehead atoms. The van der Waals surface area contributed by atoms with Gasteiger partial charge in [-0.05, 0) is 57.9 Å². The second kappa shape index (κ2) is 5.12. The smallest absolute Gasteiger partial charge is 0.306 e. The van der Waals surface area contributed by atoms with Crippen LogP contribution in [0.2, 0.25) is 0 Å². The standard InChI is InChI=1S/C14H22N2O2/c1-14(2,3)18-13(17)7-5-10-4-6-12-11(8-10)9-15-16-12/h9-10H,4-8H2,1-3H3,(H,15,16). The van der Waals surface area contributed by atoms with E-state index >= 15 is 0 Å². The molecule has 0 saturated carbocycles. The van der Waals surface area contributed by atoms with Crippen molar-refractivity contribution in [3.63, 3.8) is 0 Å². The molecule has 0 aromatic carbocycles. The Bertz CT molecular complexity index is 418. The molecular formula is C14H22N2O2. The van der Waals surface area contributed by atoms with Crippen LogP contribution in [-0.4, -0.2) is 21.8 Å². The van der Waals surface area contributed by atoms with E-state index in [1.807, 2.05) is 27.0 Å². The van der Waals surface area contributed by atoms with Gasteiger partial charge in [0, 0.05) is 12.1 Å². The number of H-pyrrole nitrogens is 1. The number of nitrogens with zero attached hydrogens (tertiary/aromatic N) is 1. The molecule has 1 unspecified atom stereocenters. The highest BCUT2D eigenvalue weighted by Crippen LogP contribution is 2.27. The molecule has 4 heteroatoms. The van der Waals surface area contributed by atoms with Crippen LogP contribution in [0.15, 0.2) is 6.20 Å². The average molecular weight is 250 g/mol. The van der Waals surface area contributed by atoms with Crippen molar-refractivity contribution in [1.82, 2.24) is 10.2 Å². The van der Waals surface area contributed by atoms with Crippen LogP contribution in [0.3, 0.4) is 0 Å². The third-order valence-electron chi connectivity index (χ3n) is 3.30. The number of esters is 1. The largest absolute Gasteiger partial charge is 0.460 e. The van der Waals surface area contributed by atoms with Crippen LogP contribution in [0.25, 0.3) is 0 Å². The predicted octanol–water partition coefficient (Wildman–Crippen LogP) is 2.64. The number of carbonyl (C=O) groups is 1. The van der Waals surface area contributed by atoms with Crippen LogP contribution in [-0.2, 0) is 22.4 Å². The Kier molecular flexibility index (Phi) is 3.73. The van der Waals surface area contributed by atoms with E-state index in [1.165, 1.54) is 11.3 Å². The number of hydrogen-bond donors (Lipinski definition) is 1. The number of hydrogen-bond acceptors (Lipinski definition) is 3. The van der Waals surface area contributed by atoms with Gasteiger partial charge in [0.15, 0.2) is 0 Å². The van der Waals surface area contributed by atoms with E-state index in [9.17, 15) is 4.79 Å². The van der Waals surface area contributed by atoms with Crippen LogP contribution in [0.1, 0.15) is 51.3 Å². The number of fused-ring (bicyclic) bond motifs is 1. The molecule has 0 amide bonds. The molecule has 4 nitrogen and oxygen atoms in total. The first-order valence-corrected chi connectivity index (χ1v) is 6.67. The van der Waals surface area contributed by atoms with Crippen molar-refractivity contribution < 1.29 is 9.53 Å². The second-order valence-electron chi connectivity index (χ2n) is 6.11. The van der Waals surface area contributed by atoms with Gasteiger partial charge >= 0.3 is 5.97 Å². The van der Waals surface area contributed by atoms with Crippen molar-refractivity contribution in [1.29, 1.82) is 0 Å². The van der Waals surface area contributed by atoms with Gasteiger partial charge in [0.25, 0.3) is 0 Å². The van der Waals surface area contributed by atoms with Gasteiger partial charge in [-0.25, -0.2) is 0 Å². The molecule has 100 valence electrons. The molecule has 0 radical (unpaired) electrons. The molecule has 0 saturated heterocycles. The summed E-state index contributed by atoms with van der Waals surface area (Å²) in [7, 11) is 0. The summed E-state index contributed by atoms with van der Waals surface area (Å²) in [5.41, 5.74) is 2.21. The van der Waals surface area contributed by atoms with E-state index in [0.29, 0.717) is 12.3 Å². The normalized spacial score (nSPS) is 19.4. The summed E-state index contributed by atoms with van der Waals surface area (Å²) in [6.07, 6.45) is 6.57. The quantitative estimate of drug-likeness (QED) is 0.839. The van der Waals surface area contributed by atoms with Gasteiger partial charge in [-0.2, -0.15) is 5.10 Å². The Morgan fingerprint density at radius 2 is 2.33 bits per heavy atom. The maximum absolute atomic E-state index is 11.7. The highest BCUT2D eigenvalue weighted by molar-refractivity contribution is 5.69. The van der Waals surface area contributed by atoms with Crippen LogP contribution < -0.4 is 0 Å². The molecule has 1 aliphatic carbocycles. The maximum atomic E-state index is 11.7. The van der Waals surface area contributed by atoms with Crippen LogP contribution in [0.5, 0.6) is 0 Å². The van der Waals surface area contributed by atoms with Gasteiger partial charge in [0.1, 0.15) is 5.60 Å². The highest BCUT2D eigenvalue weighted by Gasteiger charge is 2.22. The molecule has 1 N–H and O–H groups in total. The number of nitrogens with one attached hydrogen (secondary N) is 1. The fourth-order valence-electron chi connectivity index (χ4n) is 2.45. The summed E-state index contributed by atoms with van der Waals surface area (Å²) in [5.74, 6) is 0.503. The molecular weight excluding hydrogens is 228 g/mol. The average Bonchev–Trinajstić information content (AvgIpc) is 2.71. The van der Waals surface area contributed by atoms with Crippen molar-refractivity contribution >= 4 is 5.97 Å². The molecule has 1 aromatic rings. The van der Waals surface area contributed by atoms with Gasteiger partial charge in [-0.3, -0.25) is 9.89 Å². The Balaban J connectivity index is 1.77. The van der Waals surface area contributed by atoms with Crippen LogP contribution >= 0.6 is 0 Å². The third kappa shape index (κ3) is 3.59. The molecule has 0 spiro atoms. The van der Waals surface area contributed by atoms with Gasteiger partial charge in [0.05, 0.1) is 6.20 Å². The van der Waals surface area contributed by atoms with E-state index in [2.05, 4.69) is 10.2 Å². The summed E-state index contributed by atoms with van der Waals surface area (Å²) < 4.78 is 5.33. The monoisotopic (exact) mass is 250 g/mol. The molecule has 0 fully saturated rings. The Morgan fingerprint density at radius 3 is 3.06 bits per heavy atom. The zero-order valence-corrected chi connectivity index (χ0v) is 11.5. The fourth-order valence-corrected chi connectivity index (χ4v) is 2.45. The molecule has 18 heavy (non-hydrogen) atoms. The minimum atomic E-state index is -0.374. The van der Waals surface area contributed by atoms with E-state index in [4.69, 9.17) is 4.74 Å². The number of aryl methyl sites for hydroxylation is 1. The lowest BCUT2D eigenvalue weighted by Crippen LogP contribution is -2.24. The minimum absolute atomic E-state index is 0.0829. The molecule has 1 aliphatic rings.